The summed E-state index contributed by atoms with van der Waals surface area (Å²) in [7, 11) is 1.57. The number of nitrogens with one attached hydrogen (secondary N) is 1. The van der Waals surface area contributed by atoms with E-state index in [0.29, 0.717) is 17.4 Å². The van der Waals surface area contributed by atoms with E-state index in [4.69, 9.17) is 9.05 Å². The van der Waals surface area contributed by atoms with Gasteiger partial charge in [-0.3, -0.25) is 13.8 Å². The smallest absolute Gasteiger partial charge is 0.387 e. The second kappa shape index (κ2) is 28.5. The van der Waals surface area contributed by atoms with Gasteiger partial charge in [0.2, 0.25) is 5.91 Å². The van der Waals surface area contributed by atoms with Crippen LogP contribution in [0.3, 0.4) is 0 Å². The molecular formula is C35H72N2O6P+. The van der Waals surface area contributed by atoms with Crippen LogP contribution in [0.1, 0.15) is 155 Å². The van der Waals surface area contributed by atoms with Crippen molar-refractivity contribution in [2.45, 2.75) is 167 Å². The lowest BCUT2D eigenvalue weighted by molar-refractivity contribution is -0.870. The molecule has 0 aromatic heterocycles. The van der Waals surface area contributed by atoms with Crippen LogP contribution in [0.25, 0.3) is 0 Å². The molecule has 3 atom stereocenters. The highest BCUT2D eigenvalue weighted by Gasteiger charge is 2.27. The van der Waals surface area contributed by atoms with E-state index >= 15 is 0 Å². The Bertz CT molecular complexity index is 743. The van der Waals surface area contributed by atoms with E-state index in [-0.39, 0.29) is 19.1 Å². The normalized spacial score (nSPS) is 15.0. The summed E-state index contributed by atoms with van der Waals surface area (Å²) in [6.45, 7) is 4.74. The number of aliphatic hydroxyl groups excluding tert-OH is 1. The Morgan fingerprint density at radius 3 is 1.68 bits per heavy atom. The van der Waals surface area contributed by atoms with Crippen LogP contribution in [0.2, 0.25) is 0 Å². The number of rotatable bonds is 32. The maximum atomic E-state index is 12.6. The zero-order valence-corrected chi connectivity index (χ0v) is 30.3. The van der Waals surface area contributed by atoms with Gasteiger partial charge in [-0.2, -0.15) is 0 Å². The maximum absolute atomic E-state index is 12.6. The van der Waals surface area contributed by atoms with Gasteiger partial charge >= 0.3 is 7.82 Å². The molecule has 0 radical (unpaired) electrons. The number of aliphatic hydroxyl groups is 1. The maximum Gasteiger partial charge on any atom is 0.472 e. The molecule has 1 amide bonds. The molecular weight excluding hydrogens is 575 g/mol. The molecule has 9 heteroatoms. The first-order valence-electron chi connectivity index (χ1n) is 18.1. The highest BCUT2D eigenvalue weighted by Crippen LogP contribution is 2.43. The van der Waals surface area contributed by atoms with Crippen LogP contribution in [0.4, 0.5) is 0 Å². The number of carbonyl (C=O) groups is 1. The summed E-state index contributed by atoms with van der Waals surface area (Å²) in [6, 6.07) is -0.836. The number of allylic oxidation sites excluding steroid dienone is 1. The molecule has 0 aromatic carbocycles. The third-order valence-corrected chi connectivity index (χ3v) is 8.99. The van der Waals surface area contributed by atoms with Gasteiger partial charge in [-0.05, 0) is 19.3 Å². The first-order chi connectivity index (χ1) is 21.0. The predicted molar refractivity (Wildman–Crippen MR) is 185 cm³/mol. The van der Waals surface area contributed by atoms with E-state index in [0.717, 1.165) is 38.5 Å². The minimum absolute atomic E-state index is 0.0636. The molecule has 0 saturated carbocycles. The molecule has 0 aliphatic heterocycles. The third-order valence-electron chi connectivity index (χ3n) is 8.01. The molecule has 0 bridgehead atoms. The zero-order chi connectivity index (χ0) is 32.9. The number of hydrogen-bond donors (Lipinski definition) is 3. The summed E-state index contributed by atoms with van der Waals surface area (Å²) in [5, 5.41) is 13.7. The molecule has 0 spiro atoms. The standard InChI is InChI=1S/C35H71N2O6P/c1-6-8-10-12-14-15-16-17-18-19-20-21-23-24-26-28-34(38)33(32-43-44(40,41)42-31-30-37(3,4)5)36-35(39)29-27-25-22-13-11-9-7-2/h26,28,33-34,38H,6-25,27,29-32H2,1-5H3,(H-,36,39,40,41)/p+1/b28-26+/t33-,34+/m0/s1. The van der Waals surface area contributed by atoms with Crippen LogP contribution in [0, 0.1) is 0 Å². The number of nitrogens with zero attached hydrogens (tertiary/aromatic N) is 1. The molecule has 0 fully saturated rings. The summed E-state index contributed by atoms with van der Waals surface area (Å²) in [5.41, 5.74) is 0. The lowest BCUT2D eigenvalue weighted by atomic mass is 10.0. The first-order valence-corrected chi connectivity index (χ1v) is 19.6. The number of phosphoric acid groups is 1. The van der Waals surface area contributed by atoms with Crippen molar-refractivity contribution >= 4 is 13.7 Å². The number of phosphoric ester groups is 1. The van der Waals surface area contributed by atoms with E-state index in [1.807, 2.05) is 27.2 Å². The Morgan fingerprint density at radius 2 is 1.20 bits per heavy atom. The summed E-state index contributed by atoms with van der Waals surface area (Å²) in [5.74, 6) is -0.185. The van der Waals surface area contributed by atoms with Crippen LogP contribution in [0.15, 0.2) is 12.2 Å². The monoisotopic (exact) mass is 648 g/mol. The van der Waals surface area contributed by atoms with Gasteiger partial charge in [0.15, 0.2) is 0 Å². The summed E-state index contributed by atoms with van der Waals surface area (Å²) in [6.07, 6.45) is 28.5. The Kier molecular flexibility index (Phi) is 28.0. The fourth-order valence-electron chi connectivity index (χ4n) is 5.04. The number of amides is 1. The average Bonchev–Trinajstić information content (AvgIpc) is 2.95. The first kappa shape index (κ1) is 43.2. The molecule has 8 nitrogen and oxygen atoms in total. The fourth-order valence-corrected chi connectivity index (χ4v) is 5.77. The van der Waals surface area contributed by atoms with Gasteiger partial charge in [-0.25, -0.2) is 4.57 Å². The number of quaternary nitrogens is 1. The summed E-state index contributed by atoms with van der Waals surface area (Å²) in [4.78, 5) is 22.8. The van der Waals surface area contributed by atoms with Gasteiger partial charge in [0.25, 0.3) is 0 Å². The van der Waals surface area contributed by atoms with Gasteiger partial charge in [-0.15, -0.1) is 0 Å². The summed E-state index contributed by atoms with van der Waals surface area (Å²) < 4.78 is 23.3. The van der Waals surface area contributed by atoms with Gasteiger partial charge in [0, 0.05) is 6.42 Å². The van der Waals surface area contributed by atoms with Crippen molar-refractivity contribution in [3.05, 3.63) is 12.2 Å². The second-order valence-electron chi connectivity index (χ2n) is 13.6. The Labute approximate surface area is 272 Å². The molecule has 0 aliphatic carbocycles. The van der Waals surface area contributed by atoms with E-state index < -0.39 is 20.0 Å². The SMILES string of the molecule is CCCCCCCCCCCCCCC/C=C/[C@@H](O)[C@H](COP(=O)(O)OCC[N+](C)(C)C)NC(=O)CCCCCCCCC. The molecule has 0 aromatic rings. The van der Waals surface area contributed by atoms with Gasteiger partial charge in [0.1, 0.15) is 13.2 Å². The topological polar surface area (TPSA) is 105 Å². The molecule has 0 saturated heterocycles. The van der Waals surface area contributed by atoms with E-state index in [9.17, 15) is 19.4 Å². The van der Waals surface area contributed by atoms with Crippen LogP contribution < -0.4 is 5.32 Å². The highest BCUT2D eigenvalue weighted by atomic mass is 31.2. The van der Waals surface area contributed by atoms with Crippen molar-refractivity contribution in [1.82, 2.24) is 5.32 Å². The average molecular weight is 648 g/mol. The Morgan fingerprint density at radius 1 is 0.750 bits per heavy atom. The van der Waals surface area contributed by atoms with E-state index in [1.54, 1.807) is 6.08 Å². The number of carbonyl (C=O) groups excluding carboxylic acids is 1. The zero-order valence-electron chi connectivity index (χ0n) is 29.4. The minimum Gasteiger partial charge on any atom is -0.387 e. The lowest BCUT2D eigenvalue weighted by Crippen LogP contribution is -2.45. The van der Waals surface area contributed by atoms with Gasteiger partial charge in [-0.1, -0.05) is 142 Å². The van der Waals surface area contributed by atoms with Crippen LogP contribution in [0.5, 0.6) is 0 Å². The number of unbranched alkanes of at least 4 members (excludes halogenated alkanes) is 19. The van der Waals surface area contributed by atoms with E-state index in [1.165, 1.54) is 96.3 Å². The van der Waals surface area contributed by atoms with Gasteiger partial charge in [0.05, 0.1) is 39.9 Å². The molecule has 262 valence electrons. The minimum atomic E-state index is -4.31. The molecule has 44 heavy (non-hydrogen) atoms. The third kappa shape index (κ3) is 29.9. The number of hydrogen-bond acceptors (Lipinski definition) is 5. The molecule has 0 aliphatic rings. The van der Waals surface area contributed by atoms with Crippen LogP contribution in [-0.2, 0) is 18.4 Å². The largest absolute Gasteiger partial charge is 0.472 e. The van der Waals surface area contributed by atoms with Crippen molar-refractivity contribution in [1.29, 1.82) is 0 Å². The van der Waals surface area contributed by atoms with Crippen molar-refractivity contribution in [3.63, 3.8) is 0 Å². The van der Waals surface area contributed by atoms with Gasteiger partial charge < -0.3 is 19.8 Å². The Hall–Kier alpha value is -0.760. The van der Waals surface area contributed by atoms with Crippen molar-refractivity contribution in [2.75, 3.05) is 40.9 Å². The number of likely N-dealkylation sites (N-methyl/N-ethyl adjacent to an activating group) is 1. The molecule has 1 unspecified atom stereocenters. The Balaban J connectivity index is 4.50. The quantitative estimate of drug-likeness (QED) is 0.0292. The lowest BCUT2D eigenvalue weighted by Gasteiger charge is -2.25. The molecule has 0 heterocycles. The van der Waals surface area contributed by atoms with Crippen molar-refractivity contribution in [2.24, 2.45) is 0 Å². The highest BCUT2D eigenvalue weighted by molar-refractivity contribution is 7.47. The molecule has 0 rings (SSSR count). The van der Waals surface area contributed by atoms with Crippen molar-refractivity contribution < 1.29 is 32.9 Å². The molecule has 3 N–H and O–H groups in total. The predicted octanol–water partition coefficient (Wildman–Crippen LogP) is 8.85. The van der Waals surface area contributed by atoms with Crippen LogP contribution in [-0.4, -0.2) is 73.4 Å². The van der Waals surface area contributed by atoms with Crippen molar-refractivity contribution in [3.8, 4) is 0 Å². The second-order valence-corrected chi connectivity index (χ2v) is 15.1. The van der Waals surface area contributed by atoms with Crippen LogP contribution >= 0.6 is 7.82 Å². The fraction of sp³-hybridized carbons (Fsp3) is 0.914. The summed E-state index contributed by atoms with van der Waals surface area (Å²) >= 11 is 0. The van der Waals surface area contributed by atoms with E-state index in [2.05, 4.69) is 19.2 Å².